The van der Waals surface area contributed by atoms with Crippen LogP contribution in [0, 0.1) is 0 Å². The first-order valence-electron chi connectivity index (χ1n) is 6.63. The van der Waals surface area contributed by atoms with E-state index in [0.717, 1.165) is 19.5 Å². The van der Waals surface area contributed by atoms with E-state index in [1.165, 1.54) is 0 Å². The number of nitrogens with zero attached hydrogens (tertiary/aromatic N) is 1. The Bertz CT molecular complexity index is 407. The summed E-state index contributed by atoms with van der Waals surface area (Å²) in [5.74, 6) is 5.44. The Morgan fingerprint density at radius 3 is 2.60 bits per heavy atom. The Kier molecular flexibility index (Phi) is 7.00. The maximum Gasteiger partial charge on any atom is 0.265 e. The number of likely N-dealkylation sites (N-methyl/N-ethyl adjacent to an activating group) is 1. The largest absolute Gasteiger partial charge is 0.492 e. The molecular weight excluding hydrogens is 258 g/mol. The van der Waals surface area contributed by atoms with Crippen LogP contribution in [0.3, 0.4) is 0 Å². The van der Waals surface area contributed by atoms with Crippen LogP contribution in [-0.2, 0) is 0 Å². The number of hydrazine groups is 1. The Balaban J connectivity index is 2.30. The Hall–Kier alpha value is -1.63. The fraction of sp³-hybridized carbons (Fsp3) is 0.500. The predicted octanol–water partition coefficient (Wildman–Crippen LogP) is 0.372. The van der Waals surface area contributed by atoms with Crippen molar-refractivity contribution in [3.63, 3.8) is 0 Å². The predicted molar refractivity (Wildman–Crippen MR) is 77.4 cm³/mol. The molecule has 0 spiro atoms. The number of nitrogen functional groups attached to an aromatic ring is 1. The van der Waals surface area contributed by atoms with Gasteiger partial charge < -0.3 is 14.7 Å². The van der Waals surface area contributed by atoms with Gasteiger partial charge in [0.05, 0.1) is 6.10 Å². The summed E-state index contributed by atoms with van der Waals surface area (Å²) in [6.07, 6.45) is 0.471. The highest BCUT2D eigenvalue weighted by Gasteiger charge is 2.04. The number of rotatable bonds is 8. The molecule has 20 heavy (non-hydrogen) atoms. The average Bonchev–Trinajstić information content (AvgIpc) is 2.45. The lowest BCUT2D eigenvalue weighted by molar-refractivity contribution is 0.0953. The molecule has 6 nitrogen and oxygen atoms in total. The fourth-order valence-corrected chi connectivity index (χ4v) is 1.62. The van der Waals surface area contributed by atoms with Crippen LogP contribution in [0.4, 0.5) is 0 Å². The number of ether oxygens (including phenoxy) is 1. The molecule has 1 atom stereocenters. The average molecular weight is 281 g/mol. The zero-order valence-electron chi connectivity index (χ0n) is 12.0. The third-order valence-electron chi connectivity index (χ3n) is 2.92. The van der Waals surface area contributed by atoms with Crippen LogP contribution in [0.15, 0.2) is 24.3 Å². The van der Waals surface area contributed by atoms with E-state index in [-0.39, 0.29) is 12.0 Å². The van der Waals surface area contributed by atoms with E-state index in [0.29, 0.717) is 17.9 Å². The molecule has 0 heterocycles. The number of nitrogens with two attached hydrogens (primary N) is 1. The molecule has 1 amide bonds. The summed E-state index contributed by atoms with van der Waals surface area (Å²) in [4.78, 5) is 13.4. The van der Waals surface area contributed by atoms with E-state index in [1.807, 2.05) is 7.05 Å². The third kappa shape index (κ3) is 6.01. The molecular formula is C14H23N3O3. The van der Waals surface area contributed by atoms with E-state index in [9.17, 15) is 9.90 Å². The highest BCUT2D eigenvalue weighted by atomic mass is 16.5. The van der Waals surface area contributed by atoms with Crippen LogP contribution < -0.4 is 16.0 Å². The first-order chi connectivity index (χ1) is 9.52. The monoisotopic (exact) mass is 281 g/mol. The molecule has 0 aliphatic rings. The normalized spacial score (nSPS) is 12.2. The Morgan fingerprint density at radius 1 is 1.40 bits per heavy atom. The minimum atomic E-state index is -0.325. The number of carbonyl (C=O) groups excluding carboxylic acids is 1. The van der Waals surface area contributed by atoms with Crippen molar-refractivity contribution >= 4 is 5.91 Å². The molecule has 0 bridgehead atoms. The SMILES string of the molecule is CC(O)CCN(C)CCOc1ccc(C(=O)NN)cc1. The summed E-state index contributed by atoms with van der Waals surface area (Å²) in [6.45, 7) is 3.94. The van der Waals surface area contributed by atoms with Crippen LogP contribution in [0.2, 0.25) is 0 Å². The van der Waals surface area contributed by atoms with Crippen molar-refractivity contribution in [3.05, 3.63) is 29.8 Å². The zero-order chi connectivity index (χ0) is 15.0. The van der Waals surface area contributed by atoms with Gasteiger partial charge in [-0.05, 0) is 44.7 Å². The summed E-state index contributed by atoms with van der Waals surface area (Å²) >= 11 is 0. The van der Waals surface area contributed by atoms with Crippen LogP contribution in [0.25, 0.3) is 0 Å². The molecule has 6 heteroatoms. The molecule has 0 aliphatic carbocycles. The zero-order valence-corrected chi connectivity index (χ0v) is 12.0. The topological polar surface area (TPSA) is 87.8 Å². The number of nitrogens with one attached hydrogen (secondary N) is 1. The summed E-state index contributed by atoms with van der Waals surface area (Å²) < 4.78 is 5.58. The van der Waals surface area contributed by atoms with Crippen LogP contribution in [0.1, 0.15) is 23.7 Å². The molecule has 1 aromatic carbocycles. The second-order valence-corrected chi connectivity index (χ2v) is 4.79. The van der Waals surface area contributed by atoms with Crippen molar-refractivity contribution in [2.24, 2.45) is 5.84 Å². The number of hydrogen-bond donors (Lipinski definition) is 3. The van der Waals surface area contributed by atoms with Gasteiger partial charge in [0.15, 0.2) is 0 Å². The van der Waals surface area contributed by atoms with E-state index in [1.54, 1.807) is 31.2 Å². The molecule has 1 unspecified atom stereocenters. The van der Waals surface area contributed by atoms with E-state index < -0.39 is 0 Å². The number of aliphatic hydroxyl groups excluding tert-OH is 1. The molecule has 1 rings (SSSR count). The summed E-state index contributed by atoms with van der Waals surface area (Å²) in [5, 5.41) is 9.20. The van der Waals surface area contributed by atoms with Gasteiger partial charge in [0, 0.05) is 18.7 Å². The van der Waals surface area contributed by atoms with Gasteiger partial charge in [-0.2, -0.15) is 0 Å². The van der Waals surface area contributed by atoms with Crippen molar-refractivity contribution in [3.8, 4) is 5.75 Å². The minimum Gasteiger partial charge on any atom is -0.492 e. The lowest BCUT2D eigenvalue weighted by Gasteiger charge is -2.17. The van der Waals surface area contributed by atoms with Crippen molar-refractivity contribution in [2.45, 2.75) is 19.4 Å². The summed E-state index contributed by atoms with van der Waals surface area (Å²) in [7, 11) is 1.99. The van der Waals surface area contributed by atoms with E-state index >= 15 is 0 Å². The van der Waals surface area contributed by atoms with E-state index in [2.05, 4.69) is 10.3 Å². The van der Waals surface area contributed by atoms with Crippen molar-refractivity contribution < 1.29 is 14.6 Å². The molecule has 0 radical (unpaired) electrons. The van der Waals surface area contributed by atoms with E-state index in [4.69, 9.17) is 10.6 Å². The van der Waals surface area contributed by atoms with Crippen LogP contribution in [-0.4, -0.2) is 48.8 Å². The highest BCUT2D eigenvalue weighted by Crippen LogP contribution is 2.12. The highest BCUT2D eigenvalue weighted by molar-refractivity contribution is 5.93. The molecule has 0 fully saturated rings. The second-order valence-electron chi connectivity index (χ2n) is 4.79. The maximum absolute atomic E-state index is 11.3. The van der Waals surface area contributed by atoms with Crippen molar-refractivity contribution in [1.29, 1.82) is 0 Å². The number of benzene rings is 1. The van der Waals surface area contributed by atoms with Gasteiger partial charge in [-0.3, -0.25) is 10.2 Å². The van der Waals surface area contributed by atoms with Gasteiger partial charge in [-0.1, -0.05) is 0 Å². The first-order valence-corrected chi connectivity index (χ1v) is 6.63. The second kappa shape index (κ2) is 8.52. The number of amides is 1. The van der Waals surface area contributed by atoms with Gasteiger partial charge >= 0.3 is 0 Å². The lowest BCUT2D eigenvalue weighted by Crippen LogP contribution is -2.29. The van der Waals surface area contributed by atoms with Gasteiger partial charge in [0.25, 0.3) is 5.91 Å². The summed E-state index contributed by atoms with van der Waals surface area (Å²) in [5.41, 5.74) is 2.57. The van der Waals surface area contributed by atoms with Gasteiger partial charge in [0.2, 0.25) is 0 Å². The Labute approximate surface area is 119 Å². The van der Waals surface area contributed by atoms with Crippen molar-refractivity contribution in [1.82, 2.24) is 10.3 Å². The molecule has 0 saturated heterocycles. The standard InChI is InChI=1S/C14H23N3O3/c1-11(18)7-8-17(2)9-10-20-13-5-3-12(4-6-13)14(19)16-15/h3-6,11,18H,7-10,15H2,1-2H3,(H,16,19). The van der Waals surface area contributed by atoms with Crippen molar-refractivity contribution in [2.75, 3.05) is 26.7 Å². The summed E-state index contributed by atoms with van der Waals surface area (Å²) in [6, 6.07) is 6.80. The molecule has 4 N–H and O–H groups in total. The quantitative estimate of drug-likeness (QED) is 0.364. The number of hydrogen-bond acceptors (Lipinski definition) is 5. The minimum absolute atomic E-state index is 0.278. The molecule has 0 saturated carbocycles. The molecule has 0 aliphatic heterocycles. The molecule has 1 aromatic rings. The molecule has 112 valence electrons. The third-order valence-corrected chi connectivity index (χ3v) is 2.92. The number of aliphatic hydroxyl groups is 1. The maximum atomic E-state index is 11.3. The fourth-order valence-electron chi connectivity index (χ4n) is 1.62. The van der Waals surface area contributed by atoms with Crippen LogP contribution in [0.5, 0.6) is 5.75 Å². The van der Waals surface area contributed by atoms with Gasteiger partial charge in [-0.25, -0.2) is 5.84 Å². The first kappa shape index (κ1) is 16.4. The number of carbonyl (C=O) groups is 1. The molecule has 0 aromatic heterocycles. The van der Waals surface area contributed by atoms with Crippen LogP contribution >= 0.6 is 0 Å². The Morgan fingerprint density at radius 2 is 2.05 bits per heavy atom. The van der Waals surface area contributed by atoms with Gasteiger partial charge in [-0.15, -0.1) is 0 Å². The smallest absolute Gasteiger partial charge is 0.265 e. The lowest BCUT2D eigenvalue weighted by atomic mass is 10.2. The van der Waals surface area contributed by atoms with Gasteiger partial charge in [0.1, 0.15) is 12.4 Å².